The number of aryl methyl sites for hydroxylation is 4. The number of carbonyl (C=O) groups is 3. The average Bonchev–Trinajstić information content (AvgIpc) is 2.64. The zero-order valence-electron chi connectivity index (χ0n) is 20.4. The van der Waals surface area contributed by atoms with Gasteiger partial charge in [-0.3, -0.25) is 14.4 Å². The maximum atomic E-state index is 13.7. The lowest BCUT2D eigenvalue weighted by Crippen LogP contribution is -2.59. The summed E-state index contributed by atoms with van der Waals surface area (Å²) in [7, 11) is 0. The summed E-state index contributed by atoms with van der Waals surface area (Å²) >= 11 is 0. The molecule has 2 rings (SSSR count). The maximum Gasteiger partial charge on any atom is 0.327 e. The van der Waals surface area contributed by atoms with Gasteiger partial charge in [0.1, 0.15) is 6.54 Å². The molecule has 0 radical (unpaired) electrons. The van der Waals surface area contributed by atoms with Crippen LogP contribution in [0.1, 0.15) is 70.7 Å². The van der Waals surface area contributed by atoms with E-state index in [1.54, 1.807) is 31.2 Å². The monoisotopic (exact) mass is 438 g/mol. The fraction of sp³-hybridized carbons (Fsp3) is 0.423. The molecular weight excluding hydrogens is 404 g/mol. The lowest BCUT2D eigenvalue weighted by Gasteiger charge is -2.43. The van der Waals surface area contributed by atoms with Gasteiger partial charge in [0.05, 0.1) is 12.1 Å². The van der Waals surface area contributed by atoms with Gasteiger partial charge in [-0.1, -0.05) is 34.4 Å². The van der Waals surface area contributed by atoms with Gasteiger partial charge in [0, 0.05) is 11.1 Å². The summed E-state index contributed by atoms with van der Waals surface area (Å²) in [6.45, 7) is 14.7. The summed E-state index contributed by atoms with van der Waals surface area (Å²) in [6.07, 6.45) is 0. The summed E-state index contributed by atoms with van der Waals surface area (Å²) in [5.74, 6) is -1.36. The molecule has 0 fully saturated rings. The van der Waals surface area contributed by atoms with E-state index in [1.165, 1.54) is 10.0 Å². The van der Waals surface area contributed by atoms with E-state index in [2.05, 4.69) is 0 Å². The summed E-state index contributed by atoms with van der Waals surface area (Å²) in [5, 5.41) is 2.59. The van der Waals surface area contributed by atoms with Crippen molar-refractivity contribution >= 4 is 17.8 Å². The van der Waals surface area contributed by atoms with Crippen LogP contribution in [0.5, 0.6) is 0 Å². The molecule has 0 heterocycles. The Kier molecular flexibility index (Phi) is 7.83. The summed E-state index contributed by atoms with van der Waals surface area (Å²) in [6, 6.07) is 11.0. The van der Waals surface area contributed by atoms with E-state index >= 15 is 0 Å². The van der Waals surface area contributed by atoms with Gasteiger partial charge >= 0.3 is 5.97 Å². The van der Waals surface area contributed by atoms with Crippen LogP contribution in [0, 0.1) is 27.7 Å². The molecule has 0 aliphatic rings. The Labute approximate surface area is 191 Å². The highest BCUT2D eigenvalue weighted by Gasteiger charge is 2.37. The van der Waals surface area contributed by atoms with Gasteiger partial charge < -0.3 is 4.74 Å². The highest BCUT2D eigenvalue weighted by Crippen LogP contribution is 2.24. The van der Waals surface area contributed by atoms with Crippen LogP contribution >= 0.6 is 0 Å². The van der Waals surface area contributed by atoms with Crippen LogP contribution in [0.15, 0.2) is 36.4 Å². The van der Waals surface area contributed by atoms with Crippen molar-refractivity contribution in [3.8, 4) is 0 Å². The first kappa shape index (κ1) is 25.1. The first-order chi connectivity index (χ1) is 14.8. The molecule has 0 N–H and O–H groups in total. The fourth-order valence-electron chi connectivity index (χ4n) is 3.81. The second-order valence-electron chi connectivity index (χ2n) is 9.21. The zero-order valence-corrected chi connectivity index (χ0v) is 20.4. The van der Waals surface area contributed by atoms with E-state index in [0.29, 0.717) is 11.1 Å². The number of hydrazine groups is 1. The van der Waals surface area contributed by atoms with E-state index < -0.39 is 17.4 Å². The first-order valence-corrected chi connectivity index (χ1v) is 10.8. The summed E-state index contributed by atoms with van der Waals surface area (Å²) in [5.41, 5.74) is 3.82. The number of esters is 1. The van der Waals surface area contributed by atoms with E-state index in [4.69, 9.17) is 4.74 Å². The average molecular weight is 439 g/mol. The minimum Gasteiger partial charge on any atom is -0.465 e. The Morgan fingerprint density at radius 1 is 0.750 bits per heavy atom. The minimum absolute atomic E-state index is 0.185. The Hall–Kier alpha value is -3.15. The van der Waals surface area contributed by atoms with Gasteiger partial charge in [0.15, 0.2) is 0 Å². The molecule has 2 aromatic rings. The van der Waals surface area contributed by atoms with Crippen molar-refractivity contribution in [3.05, 3.63) is 69.8 Å². The quantitative estimate of drug-likeness (QED) is 0.498. The van der Waals surface area contributed by atoms with Crippen LogP contribution in [0.25, 0.3) is 0 Å². The largest absolute Gasteiger partial charge is 0.465 e. The van der Waals surface area contributed by atoms with E-state index in [1.807, 2.05) is 60.6 Å². The van der Waals surface area contributed by atoms with Gasteiger partial charge in [0.2, 0.25) is 0 Å². The molecule has 0 aliphatic heterocycles. The lowest BCUT2D eigenvalue weighted by atomic mass is 10.0. The van der Waals surface area contributed by atoms with Crippen molar-refractivity contribution in [2.24, 2.45) is 0 Å². The smallest absolute Gasteiger partial charge is 0.327 e. The van der Waals surface area contributed by atoms with Gasteiger partial charge in [-0.25, -0.2) is 10.0 Å². The van der Waals surface area contributed by atoms with E-state index in [9.17, 15) is 14.4 Å². The third kappa shape index (κ3) is 6.19. The number of hydrogen-bond donors (Lipinski definition) is 0. The minimum atomic E-state index is -0.782. The molecule has 2 aromatic carbocycles. The second kappa shape index (κ2) is 9.98. The molecule has 0 unspecified atom stereocenters. The van der Waals surface area contributed by atoms with E-state index in [0.717, 1.165) is 22.3 Å². The molecular formula is C26H34N2O4. The maximum absolute atomic E-state index is 13.7. The van der Waals surface area contributed by atoms with Crippen molar-refractivity contribution in [1.29, 1.82) is 0 Å². The van der Waals surface area contributed by atoms with Crippen LogP contribution in [-0.2, 0) is 9.53 Å². The lowest BCUT2D eigenvalue weighted by molar-refractivity contribution is -0.148. The number of hydrogen-bond acceptors (Lipinski definition) is 4. The molecule has 6 nitrogen and oxygen atoms in total. The summed E-state index contributed by atoms with van der Waals surface area (Å²) < 4.78 is 5.12. The predicted molar refractivity (Wildman–Crippen MR) is 125 cm³/mol. The van der Waals surface area contributed by atoms with Crippen LogP contribution < -0.4 is 0 Å². The van der Waals surface area contributed by atoms with Gasteiger partial charge in [-0.15, -0.1) is 0 Å². The molecule has 0 saturated heterocycles. The number of rotatable bonds is 5. The van der Waals surface area contributed by atoms with Crippen LogP contribution in [-0.4, -0.2) is 46.5 Å². The topological polar surface area (TPSA) is 66.9 Å². The zero-order chi connectivity index (χ0) is 24.2. The van der Waals surface area contributed by atoms with Crippen LogP contribution in [0.3, 0.4) is 0 Å². The number of benzene rings is 2. The Morgan fingerprint density at radius 2 is 1.16 bits per heavy atom. The molecule has 0 aromatic heterocycles. The molecule has 0 aliphatic carbocycles. The SMILES string of the molecule is CCOC(=O)CN(C(=O)c1cc(C)cc(C)c1)N(C(=O)c1cc(C)cc(C)c1)C(C)(C)C. The van der Waals surface area contributed by atoms with Crippen molar-refractivity contribution in [2.45, 2.75) is 60.9 Å². The molecule has 6 heteroatoms. The van der Waals surface area contributed by atoms with Crippen molar-refractivity contribution in [2.75, 3.05) is 13.2 Å². The van der Waals surface area contributed by atoms with Crippen molar-refractivity contribution < 1.29 is 19.1 Å². The molecule has 172 valence electrons. The Bertz CT molecular complexity index is 980. The first-order valence-electron chi connectivity index (χ1n) is 10.8. The number of carbonyl (C=O) groups excluding carboxylic acids is 3. The standard InChI is InChI=1S/C26H34N2O4/c1-9-32-23(29)16-27(24(30)21-12-17(2)10-18(3)13-21)28(26(6,7)8)25(31)22-14-19(4)11-20(5)15-22/h10-15H,9,16H2,1-8H3. The van der Waals surface area contributed by atoms with E-state index in [-0.39, 0.29) is 19.1 Å². The van der Waals surface area contributed by atoms with Crippen LogP contribution in [0.4, 0.5) is 0 Å². The van der Waals surface area contributed by atoms with Gasteiger partial charge in [-0.05, 0) is 79.7 Å². The molecule has 0 bridgehead atoms. The Morgan fingerprint density at radius 3 is 1.53 bits per heavy atom. The van der Waals surface area contributed by atoms with Gasteiger partial charge in [0.25, 0.3) is 11.8 Å². The Balaban J connectivity index is 2.62. The number of amides is 2. The highest BCUT2D eigenvalue weighted by atomic mass is 16.5. The molecule has 0 spiro atoms. The van der Waals surface area contributed by atoms with Crippen molar-refractivity contribution in [3.63, 3.8) is 0 Å². The molecule has 0 atom stereocenters. The van der Waals surface area contributed by atoms with Crippen molar-refractivity contribution in [1.82, 2.24) is 10.0 Å². The second-order valence-corrected chi connectivity index (χ2v) is 9.21. The van der Waals surface area contributed by atoms with Crippen LogP contribution in [0.2, 0.25) is 0 Å². The fourth-order valence-corrected chi connectivity index (χ4v) is 3.81. The molecule has 32 heavy (non-hydrogen) atoms. The third-order valence-electron chi connectivity index (χ3n) is 4.83. The number of nitrogens with zero attached hydrogens (tertiary/aromatic N) is 2. The summed E-state index contributed by atoms with van der Waals surface area (Å²) in [4.78, 5) is 39.9. The van der Waals surface area contributed by atoms with Gasteiger partial charge in [-0.2, -0.15) is 0 Å². The normalized spacial score (nSPS) is 11.1. The molecule has 2 amide bonds. The predicted octanol–water partition coefficient (Wildman–Crippen LogP) is 4.78. The third-order valence-corrected chi connectivity index (χ3v) is 4.83. The highest BCUT2D eigenvalue weighted by molar-refractivity contribution is 6.01. The molecule has 0 saturated carbocycles. The number of ether oxygens (including phenoxy) is 1.